The van der Waals surface area contributed by atoms with Crippen molar-refractivity contribution in [1.82, 2.24) is 10.2 Å². The van der Waals surface area contributed by atoms with Crippen LogP contribution in [-0.2, 0) is 0 Å². The molecular formula is C11H12ClN3O. The maximum Gasteiger partial charge on any atom is 0.247 e. The van der Waals surface area contributed by atoms with Crippen molar-refractivity contribution in [2.24, 2.45) is 5.73 Å². The van der Waals surface area contributed by atoms with Crippen LogP contribution in [0.15, 0.2) is 28.7 Å². The predicted octanol–water partition coefficient (Wildman–Crippen LogP) is 2.80. The van der Waals surface area contributed by atoms with E-state index in [2.05, 4.69) is 10.2 Å². The number of benzene rings is 1. The maximum absolute atomic E-state index is 5.88. The zero-order valence-corrected chi connectivity index (χ0v) is 9.61. The van der Waals surface area contributed by atoms with Gasteiger partial charge in [0, 0.05) is 10.6 Å². The van der Waals surface area contributed by atoms with Gasteiger partial charge in [-0.1, -0.05) is 24.6 Å². The van der Waals surface area contributed by atoms with Crippen molar-refractivity contribution in [3.05, 3.63) is 35.2 Å². The van der Waals surface area contributed by atoms with Gasteiger partial charge in [-0.3, -0.25) is 0 Å². The first-order valence-electron chi connectivity index (χ1n) is 5.05. The third kappa shape index (κ3) is 2.23. The molecule has 84 valence electrons. The van der Waals surface area contributed by atoms with Crippen LogP contribution in [0.3, 0.4) is 0 Å². The lowest BCUT2D eigenvalue weighted by Crippen LogP contribution is -2.08. The number of aromatic nitrogens is 2. The van der Waals surface area contributed by atoms with Crippen molar-refractivity contribution < 1.29 is 4.42 Å². The minimum Gasteiger partial charge on any atom is -0.419 e. The first-order chi connectivity index (χ1) is 7.70. The quantitative estimate of drug-likeness (QED) is 0.892. The SMILES string of the molecule is CCC(N)c1nnc(-c2cccc(Cl)c2)o1. The largest absolute Gasteiger partial charge is 0.419 e. The molecule has 0 aliphatic carbocycles. The van der Waals surface area contributed by atoms with Crippen LogP contribution >= 0.6 is 11.6 Å². The molecule has 16 heavy (non-hydrogen) atoms. The lowest BCUT2D eigenvalue weighted by Gasteiger charge is -2.00. The number of nitrogens with zero attached hydrogens (tertiary/aromatic N) is 2. The molecule has 1 aromatic carbocycles. The zero-order valence-electron chi connectivity index (χ0n) is 8.85. The monoisotopic (exact) mass is 237 g/mol. The number of hydrogen-bond acceptors (Lipinski definition) is 4. The van der Waals surface area contributed by atoms with Crippen LogP contribution in [0.25, 0.3) is 11.5 Å². The molecule has 1 atom stereocenters. The van der Waals surface area contributed by atoms with Crippen molar-refractivity contribution in [3.8, 4) is 11.5 Å². The topological polar surface area (TPSA) is 64.9 Å². The molecule has 0 saturated carbocycles. The van der Waals surface area contributed by atoms with Crippen LogP contribution < -0.4 is 5.73 Å². The summed E-state index contributed by atoms with van der Waals surface area (Å²) in [4.78, 5) is 0. The zero-order chi connectivity index (χ0) is 11.5. The molecule has 2 N–H and O–H groups in total. The first-order valence-corrected chi connectivity index (χ1v) is 5.43. The number of nitrogens with two attached hydrogens (primary N) is 1. The van der Waals surface area contributed by atoms with Gasteiger partial charge in [-0.05, 0) is 24.6 Å². The molecule has 0 spiro atoms. The number of rotatable bonds is 3. The van der Waals surface area contributed by atoms with Crippen molar-refractivity contribution in [2.75, 3.05) is 0 Å². The number of hydrogen-bond donors (Lipinski definition) is 1. The molecule has 0 aliphatic rings. The van der Waals surface area contributed by atoms with Crippen LogP contribution in [-0.4, -0.2) is 10.2 Å². The Morgan fingerprint density at radius 2 is 2.25 bits per heavy atom. The van der Waals surface area contributed by atoms with E-state index in [1.54, 1.807) is 12.1 Å². The minimum atomic E-state index is -0.208. The lowest BCUT2D eigenvalue weighted by atomic mass is 10.2. The Bertz CT molecular complexity index is 484. The van der Waals surface area contributed by atoms with Gasteiger partial charge in [0.1, 0.15) is 0 Å². The second-order valence-electron chi connectivity index (χ2n) is 3.47. The Morgan fingerprint density at radius 1 is 1.44 bits per heavy atom. The van der Waals surface area contributed by atoms with Crippen LogP contribution in [0.5, 0.6) is 0 Å². The molecule has 2 rings (SSSR count). The van der Waals surface area contributed by atoms with Gasteiger partial charge >= 0.3 is 0 Å². The summed E-state index contributed by atoms with van der Waals surface area (Å²) in [5.41, 5.74) is 6.59. The molecule has 0 fully saturated rings. The molecule has 0 aliphatic heterocycles. The highest BCUT2D eigenvalue weighted by molar-refractivity contribution is 6.30. The smallest absolute Gasteiger partial charge is 0.247 e. The van der Waals surface area contributed by atoms with Crippen molar-refractivity contribution in [1.29, 1.82) is 0 Å². The minimum absolute atomic E-state index is 0.208. The average Bonchev–Trinajstić information content (AvgIpc) is 2.77. The summed E-state index contributed by atoms with van der Waals surface area (Å²) in [5, 5.41) is 8.49. The van der Waals surface area contributed by atoms with E-state index in [0.717, 1.165) is 12.0 Å². The van der Waals surface area contributed by atoms with E-state index in [1.807, 2.05) is 19.1 Å². The molecule has 0 amide bonds. The summed E-state index contributed by atoms with van der Waals surface area (Å²) >= 11 is 5.88. The molecule has 0 saturated heterocycles. The van der Waals surface area contributed by atoms with Crippen molar-refractivity contribution in [3.63, 3.8) is 0 Å². The summed E-state index contributed by atoms with van der Waals surface area (Å²) in [6.45, 7) is 1.97. The Hall–Kier alpha value is -1.39. The predicted molar refractivity (Wildman–Crippen MR) is 62.0 cm³/mol. The van der Waals surface area contributed by atoms with Gasteiger partial charge in [0.15, 0.2) is 0 Å². The van der Waals surface area contributed by atoms with Crippen molar-refractivity contribution in [2.45, 2.75) is 19.4 Å². The molecule has 1 heterocycles. The normalized spacial score (nSPS) is 12.7. The molecule has 0 bridgehead atoms. The lowest BCUT2D eigenvalue weighted by molar-refractivity contribution is 0.452. The van der Waals surface area contributed by atoms with Crippen LogP contribution in [0.1, 0.15) is 25.3 Å². The summed E-state index contributed by atoms with van der Waals surface area (Å²) < 4.78 is 5.47. The standard InChI is InChI=1S/C11H12ClN3O/c1-2-9(13)11-15-14-10(16-11)7-4-3-5-8(12)6-7/h3-6,9H,2,13H2,1H3. The fourth-order valence-electron chi connectivity index (χ4n) is 1.30. The molecule has 1 aromatic heterocycles. The van der Waals surface area contributed by atoms with Crippen molar-refractivity contribution >= 4 is 11.6 Å². The first kappa shape index (κ1) is 11.1. The summed E-state index contributed by atoms with van der Waals surface area (Å²) in [5.74, 6) is 0.902. The summed E-state index contributed by atoms with van der Waals surface area (Å²) in [6, 6.07) is 7.05. The van der Waals surface area contributed by atoms with E-state index in [4.69, 9.17) is 21.8 Å². The highest BCUT2D eigenvalue weighted by Gasteiger charge is 2.13. The molecule has 1 unspecified atom stereocenters. The Kier molecular flexibility index (Phi) is 3.22. The van der Waals surface area contributed by atoms with Gasteiger partial charge in [0.25, 0.3) is 0 Å². The third-order valence-corrected chi connectivity index (χ3v) is 2.50. The van der Waals surface area contributed by atoms with E-state index in [0.29, 0.717) is 16.8 Å². The van der Waals surface area contributed by atoms with E-state index < -0.39 is 0 Å². The Morgan fingerprint density at radius 3 is 2.94 bits per heavy atom. The second kappa shape index (κ2) is 4.63. The maximum atomic E-state index is 5.88. The van der Waals surface area contributed by atoms with Crippen LogP contribution in [0.4, 0.5) is 0 Å². The average molecular weight is 238 g/mol. The van der Waals surface area contributed by atoms with Gasteiger partial charge in [0.05, 0.1) is 6.04 Å². The molecule has 0 radical (unpaired) electrons. The number of halogens is 1. The highest BCUT2D eigenvalue weighted by atomic mass is 35.5. The fraction of sp³-hybridized carbons (Fsp3) is 0.273. The van der Waals surface area contributed by atoms with Gasteiger partial charge in [-0.25, -0.2) is 0 Å². The van der Waals surface area contributed by atoms with Crippen LogP contribution in [0, 0.1) is 0 Å². The van der Waals surface area contributed by atoms with E-state index in [-0.39, 0.29) is 6.04 Å². The van der Waals surface area contributed by atoms with Gasteiger partial charge < -0.3 is 10.2 Å². The second-order valence-corrected chi connectivity index (χ2v) is 3.91. The van der Waals surface area contributed by atoms with Gasteiger partial charge in [-0.15, -0.1) is 10.2 Å². The molecular weight excluding hydrogens is 226 g/mol. The van der Waals surface area contributed by atoms with E-state index >= 15 is 0 Å². The molecule has 4 nitrogen and oxygen atoms in total. The molecule has 2 aromatic rings. The van der Waals surface area contributed by atoms with Crippen LogP contribution in [0.2, 0.25) is 5.02 Å². The molecule has 5 heteroatoms. The van der Waals surface area contributed by atoms with Gasteiger partial charge in [-0.2, -0.15) is 0 Å². The highest BCUT2D eigenvalue weighted by Crippen LogP contribution is 2.23. The Balaban J connectivity index is 2.31. The van der Waals surface area contributed by atoms with E-state index in [9.17, 15) is 0 Å². The van der Waals surface area contributed by atoms with Gasteiger partial charge in [0.2, 0.25) is 11.8 Å². The fourth-order valence-corrected chi connectivity index (χ4v) is 1.49. The Labute approximate surface area is 98.4 Å². The van der Waals surface area contributed by atoms with E-state index in [1.165, 1.54) is 0 Å². The summed E-state index contributed by atoms with van der Waals surface area (Å²) in [7, 11) is 0. The third-order valence-electron chi connectivity index (χ3n) is 2.27. The summed E-state index contributed by atoms with van der Waals surface area (Å²) in [6.07, 6.45) is 0.761.